The van der Waals surface area contributed by atoms with E-state index < -0.39 is 0 Å². The lowest BCUT2D eigenvalue weighted by molar-refractivity contribution is 0.412. The molecule has 0 aliphatic rings. The van der Waals surface area contributed by atoms with Crippen LogP contribution in [0.4, 0.5) is 0 Å². The van der Waals surface area contributed by atoms with Crippen molar-refractivity contribution in [3.63, 3.8) is 0 Å². The minimum Gasteiger partial charge on any atom is -0.508 e. The van der Waals surface area contributed by atoms with Crippen molar-refractivity contribution in [2.24, 2.45) is 0 Å². The quantitative estimate of drug-likeness (QED) is 0.255. The van der Waals surface area contributed by atoms with E-state index in [0.29, 0.717) is 5.75 Å². The van der Waals surface area contributed by atoms with E-state index >= 15 is 0 Å². The van der Waals surface area contributed by atoms with E-state index in [2.05, 4.69) is 74.7 Å². The molecule has 0 saturated heterocycles. The monoisotopic (exact) mass is 480 g/mol. The van der Waals surface area contributed by atoms with Crippen LogP contribution in [0.1, 0.15) is 22.3 Å². The molecule has 0 amide bonds. The molecule has 0 unspecified atom stereocenters. The Morgan fingerprint density at radius 1 is 0.622 bits per heavy atom. The summed E-state index contributed by atoms with van der Waals surface area (Å²) in [6.07, 6.45) is 3.87. The Morgan fingerprint density at radius 2 is 1.11 bits per heavy atom. The van der Waals surface area contributed by atoms with Gasteiger partial charge in [-0.2, -0.15) is 0 Å². The molecule has 0 aliphatic heterocycles. The van der Waals surface area contributed by atoms with Gasteiger partial charge in [0.05, 0.1) is 7.11 Å². The minimum absolute atomic E-state index is 0.318. The Hall–Kier alpha value is -4.56. The second kappa shape index (κ2) is 8.53. The number of ether oxygens (including phenoxy) is 1. The van der Waals surface area contributed by atoms with Crippen molar-refractivity contribution in [2.75, 3.05) is 7.11 Å². The molecule has 37 heavy (non-hydrogen) atoms. The topological polar surface area (TPSA) is 29.5 Å². The van der Waals surface area contributed by atoms with E-state index in [1.165, 1.54) is 21.5 Å². The molecule has 0 saturated carbocycles. The van der Waals surface area contributed by atoms with Gasteiger partial charge in [0.1, 0.15) is 11.5 Å². The summed E-state index contributed by atoms with van der Waals surface area (Å²) in [6.45, 7) is 12.3. The number of methoxy groups -OCH3 is 1. The van der Waals surface area contributed by atoms with E-state index in [0.717, 1.165) is 60.7 Å². The fraction of sp³-hybridized carbons (Fsp3) is 0.0857. The molecule has 6 aromatic rings. The number of rotatable bonds is 4. The Morgan fingerprint density at radius 3 is 1.62 bits per heavy atom. The number of fused-ring (bicyclic) bond motifs is 6. The SMILES string of the molecule is C=Cc1cc(-c2cc(C=C)c3c(ccc4c(C)c(OC)ccc43)c2)cc2ccc3c(C)c(O)ccc3c12. The fourth-order valence-electron chi connectivity index (χ4n) is 5.77. The molecule has 1 N–H and O–H groups in total. The average molecular weight is 481 g/mol. The van der Waals surface area contributed by atoms with Crippen LogP contribution in [0.3, 0.4) is 0 Å². The molecule has 0 spiro atoms. The van der Waals surface area contributed by atoms with Crippen LogP contribution in [0, 0.1) is 13.8 Å². The van der Waals surface area contributed by atoms with Crippen LogP contribution in [-0.4, -0.2) is 12.2 Å². The normalized spacial score (nSPS) is 11.4. The molecule has 0 bridgehead atoms. The summed E-state index contributed by atoms with van der Waals surface area (Å²) >= 11 is 0. The van der Waals surface area contributed by atoms with Gasteiger partial charge in [-0.1, -0.05) is 61.7 Å². The molecule has 6 aromatic carbocycles. The lowest BCUT2D eigenvalue weighted by atomic mass is 9.89. The zero-order chi connectivity index (χ0) is 25.8. The molecular formula is C35H28O2. The Kier molecular flexibility index (Phi) is 5.27. The largest absolute Gasteiger partial charge is 0.508 e. The molecule has 0 radical (unpaired) electrons. The molecule has 0 aromatic heterocycles. The van der Waals surface area contributed by atoms with Crippen molar-refractivity contribution < 1.29 is 9.84 Å². The van der Waals surface area contributed by atoms with Crippen molar-refractivity contribution in [2.45, 2.75) is 13.8 Å². The number of aryl methyl sites for hydroxylation is 2. The zero-order valence-corrected chi connectivity index (χ0v) is 21.4. The second-order valence-electron chi connectivity index (χ2n) is 9.66. The molecule has 0 fully saturated rings. The van der Waals surface area contributed by atoms with Crippen LogP contribution < -0.4 is 4.74 Å². The first-order chi connectivity index (χ1) is 17.9. The number of aromatic hydroxyl groups is 1. The molecule has 0 heterocycles. The van der Waals surface area contributed by atoms with Gasteiger partial charge < -0.3 is 9.84 Å². The van der Waals surface area contributed by atoms with Crippen molar-refractivity contribution >= 4 is 55.2 Å². The van der Waals surface area contributed by atoms with Crippen molar-refractivity contribution in [3.05, 3.63) is 108 Å². The van der Waals surface area contributed by atoms with Gasteiger partial charge in [-0.25, -0.2) is 0 Å². The summed E-state index contributed by atoms with van der Waals surface area (Å²) in [4.78, 5) is 0. The lowest BCUT2D eigenvalue weighted by Gasteiger charge is -2.16. The van der Waals surface area contributed by atoms with E-state index in [1.54, 1.807) is 13.2 Å². The summed E-state index contributed by atoms with van der Waals surface area (Å²) < 4.78 is 5.55. The summed E-state index contributed by atoms with van der Waals surface area (Å²) in [5.41, 5.74) is 6.48. The first-order valence-electron chi connectivity index (χ1n) is 12.4. The molecule has 180 valence electrons. The predicted octanol–water partition coefficient (Wildman–Crippen LogP) is 9.58. The average Bonchev–Trinajstić information content (AvgIpc) is 2.93. The highest BCUT2D eigenvalue weighted by Gasteiger charge is 2.14. The lowest BCUT2D eigenvalue weighted by Crippen LogP contribution is -1.91. The smallest absolute Gasteiger partial charge is 0.122 e. The maximum absolute atomic E-state index is 10.2. The predicted molar refractivity (Wildman–Crippen MR) is 160 cm³/mol. The number of benzene rings is 6. The molecular weight excluding hydrogens is 452 g/mol. The molecule has 2 heteroatoms. The summed E-state index contributed by atoms with van der Waals surface area (Å²) in [7, 11) is 1.71. The van der Waals surface area contributed by atoms with Gasteiger partial charge in [0.15, 0.2) is 0 Å². The standard InChI is InChI=1S/C35H28O2/c1-6-22-16-26(18-24-8-10-28-20(3)32(36)14-12-30(28)34(22)24)27-17-23(7-2)35-25(19-27)9-11-29-21(4)33(37-5)15-13-31(29)35/h6-19,36H,1-2H2,3-5H3. The summed E-state index contributed by atoms with van der Waals surface area (Å²) in [6, 6.07) is 25.5. The van der Waals surface area contributed by atoms with Crippen molar-refractivity contribution in [1.29, 1.82) is 0 Å². The zero-order valence-electron chi connectivity index (χ0n) is 21.4. The van der Waals surface area contributed by atoms with Crippen LogP contribution in [-0.2, 0) is 0 Å². The van der Waals surface area contributed by atoms with Gasteiger partial charge in [-0.3, -0.25) is 0 Å². The van der Waals surface area contributed by atoms with E-state index in [9.17, 15) is 5.11 Å². The van der Waals surface area contributed by atoms with Gasteiger partial charge in [0.2, 0.25) is 0 Å². The maximum atomic E-state index is 10.2. The Balaban J connectivity index is 1.62. The Bertz CT molecular complexity index is 1920. The van der Waals surface area contributed by atoms with Crippen molar-refractivity contribution in [1.82, 2.24) is 0 Å². The fourth-order valence-corrected chi connectivity index (χ4v) is 5.77. The summed E-state index contributed by atoms with van der Waals surface area (Å²) in [5.74, 6) is 1.22. The Labute approximate surface area is 216 Å². The highest BCUT2D eigenvalue weighted by molar-refractivity contribution is 6.15. The molecule has 0 atom stereocenters. The molecule has 0 aliphatic carbocycles. The third kappa shape index (κ3) is 3.41. The number of hydrogen-bond acceptors (Lipinski definition) is 2. The summed E-state index contributed by atoms with van der Waals surface area (Å²) in [5, 5.41) is 19.5. The van der Waals surface area contributed by atoms with Crippen LogP contribution in [0.2, 0.25) is 0 Å². The highest BCUT2D eigenvalue weighted by atomic mass is 16.5. The molecule has 2 nitrogen and oxygen atoms in total. The first-order valence-corrected chi connectivity index (χ1v) is 12.4. The van der Waals surface area contributed by atoms with Gasteiger partial charge >= 0.3 is 0 Å². The maximum Gasteiger partial charge on any atom is 0.122 e. The number of phenolic OH excluding ortho intramolecular Hbond substituents is 1. The van der Waals surface area contributed by atoms with E-state index in [4.69, 9.17) is 4.74 Å². The van der Waals surface area contributed by atoms with Crippen LogP contribution in [0.5, 0.6) is 11.5 Å². The third-order valence-corrected chi connectivity index (χ3v) is 7.74. The number of phenols is 1. The van der Waals surface area contributed by atoms with E-state index in [-0.39, 0.29) is 0 Å². The van der Waals surface area contributed by atoms with E-state index in [1.807, 2.05) is 31.2 Å². The van der Waals surface area contributed by atoms with Crippen LogP contribution >= 0.6 is 0 Å². The highest BCUT2D eigenvalue weighted by Crippen LogP contribution is 2.40. The second-order valence-corrected chi connectivity index (χ2v) is 9.66. The van der Waals surface area contributed by atoms with Gasteiger partial charge in [0, 0.05) is 0 Å². The third-order valence-electron chi connectivity index (χ3n) is 7.74. The molecule has 6 rings (SSSR count). The minimum atomic E-state index is 0.318. The van der Waals surface area contributed by atoms with Gasteiger partial charge in [-0.05, 0) is 127 Å². The van der Waals surface area contributed by atoms with Gasteiger partial charge in [-0.15, -0.1) is 0 Å². The van der Waals surface area contributed by atoms with Crippen molar-refractivity contribution in [3.8, 4) is 22.6 Å². The van der Waals surface area contributed by atoms with Gasteiger partial charge in [0.25, 0.3) is 0 Å². The first kappa shape index (κ1) is 22.9. The van der Waals surface area contributed by atoms with Crippen LogP contribution in [0.25, 0.3) is 66.4 Å². The number of hydrogen-bond donors (Lipinski definition) is 1. The van der Waals surface area contributed by atoms with Crippen LogP contribution in [0.15, 0.2) is 86.0 Å².